The smallest absolute Gasteiger partial charge is 0.224 e. The van der Waals surface area contributed by atoms with E-state index in [1.807, 2.05) is 4.90 Å². The summed E-state index contributed by atoms with van der Waals surface area (Å²) in [6.45, 7) is 4.76. The van der Waals surface area contributed by atoms with Crippen LogP contribution in [-0.2, 0) is 9.59 Å². The molecule has 1 heterocycles. The molecule has 128 valence electrons. The van der Waals surface area contributed by atoms with Gasteiger partial charge in [0.15, 0.2) is 0 Å². The Morgan fingerprint density at radius 3 is 2.55 bits per heavy atom. The third-order valence-electron chi connectivity index (χ3n) is 5.02. The Balaban J connectivity index is 0.00000242. The number of nitrogens with two attached hydrogens (primary N) is 1. The lowest BCUT2D eigenvalue weighted by atomic mass is 9.89. The maximum atomic E-state index is 12.1. The van der Waals surface area contributed by atoms with Crippen LogP contribution in [0.3, 0.4) is 0 Å². The van der Waals surface area contributed by atoms with E-state index in [1.165, 1.54) is 6.42 Å². The first-order valence-electron chi connectivity index (χ1n) is 8.30. The molecule has 0 radical (unpaired) electrons. The number of likely N-dealkylation sites (tertiary alicyclic amines) is 1. The van der Waals surface area contributed by atoms with Gasteiger partial charge in [-0.05, 0) is 31.2 Å². The van der Waals surface area contributed by atoms with Crippen LogP contribution in [0.15, 0.2) is 0 Å². The van der Waals surface area contributed by atoms with E-state index in [4.69, 9.17) is 5.73 Å². The van der Waals surface area contributed by atoms with Crippen LogP contribution in [0.4, 0.5) is 0 Å². The molecule has 0 aromatic carbocycles. The maximum Gasteiger partial charge on any atom is 0.224 e. The Bertz CT molecular complexity index is 386. The van der Waals surface area contributed by atoms with Gasteiger partial charge in [-0.1, -0.05) is 26.2 Å². The van der Waals surface area contributed by atoms with E-state index in [-0.39, 0.29) is 35.6 Å². The van der Waals surface area contributed by atoms with E-state index in [0.717, 1.165) is 45.2 Å². The summed E-state index contributed by atoms with van der Waals surface area (Å²) in [5, 5.41) is 2.93. The predicted molar refractivity (Wildman–Crippen MR) is 89.8 cm³/mol. The van der Waals surface area contributed by atoms with E-state index in [2.05, 4.69) is 12.2 Å². The van der Waals surface area contributed by atoms with Crippen LogP contribution in [0.5, 0.6) is 0 Å². The van der Waals surface area contributed by atoms with Crippen molar-refractivity contribution < 1.29 is 9.59 Å². The molecule has 2 aliphatic rings. The van der Waals surface area contributed by atoms with Gasteiger partial charge >= 0.3 is 0 Å². The van der Waals surface area contributed by atoms with Gasteiger partial charge in [-0.15, -0.1) is 12.4 Å². The topological polar surface area (TPSA) is 75.4 Å². The molecule has 5 nitrogen and oxygen atoms in total. The number of nitrogens with one attached hydrogen (secondary N) is 1. The zero-order valence-corrected chi connectivity index (χ0v) is 14.4. The van der Waals surface area contributed by atoms with Gasteiger partial charge < -0.3 is 16.0 Å². The van der Waals surface area contributed by atoms with E-state index >= 15 is 0 Å². The summed E-state index contributed by atoms with van der Waals surface area (Å²) in [5.74, 6) is 0.438. The van der Waals surface area contributed by atoms with Gasteiger partial charge in [0.25, 0.3) is 0 Å². The van der Waals surface area contributed by atoms with Crippen LogP contribution in [-0.4, -0.2) is 42.9 Å². The Hall–Kier alpha value is -0.810. The fourth-order valence-corrected chi connectivity index (χ4v) is 3.36. The first-order valence-corrected chi connectivity index (χ1v) is 8.30. The molecule has 2 rings (SSSR count). The summed E-state index contributed by atoms with van der Waals surface area (Å²) in [6.07, 6.45) is 6.94. The summed E-state index contributed by atoms with van der Waals surface area (Å²) in [5.41, 5.74) is 5.83. The monoisotopic (exact) mass is 331 g/mol. The van der Waals surface area contributed by atoms with Crippen molar-refractivity contribution in [1.82, 2.24) is 10.2 Å². The summed E-state index contributed by atoms with van der Waals surface area (Å²) < 4.78 is 0. The zero-order valence-electron chi connectivity index (χ0n) is 13.6. The molecule has 0 spiro atoms. The molecule has 0 aromatic rings. The number of hydrogen-bond acceptors (Lipinski definition) is 3. The molecule has 1 aliphatic carbocycles. The van der Waals surface area contributed by atoms with Crippen molar-refractivity contribution in [3.05, 3.63) is 0 Å². The lowest BCUT2D eigenvalue weighted by Crippen LogP contribution is -2.37. The third kappa shape index (κ3) is 5.13. The fraction of sp³-hybridized carbons (Fsp3) is 0.875. The molecule has 1 unspecified atom stereocenters. The van der Waals surface area contributed by atoms with Crippen molar-refractivity contribution in [2.75, 3.05) is 26.2 Å². The van der Waals surface area contributed by atoms with Gasteiger partial charge in [0.2, 0.25) is 11.8 Å². The van der Waals surface area contributed by atoms with Crippen molar-refractivity contribution in [3.8, 4) is 0 Å². The van der Waals surface area contributed by atoms with Crippen LogP contribution >= 0.6 is 12.4 Å². The molecule has 3 N–H and O–H groups in total. The number of carbonyl (C=O) groups is 2. The van der Waals surface area contributed by atoms with E-state index in [0.29, 0.717) is 19.5 Å². The molecule has 1 saturated carbocycles. The van der Waals surface area contributed by atoms with E-state index in [1.54, 1.807) is 0 Å². The maximum absolute atomic E-state index is 12.1. The lowest BCUT2D eigenvalue weighted by Gasteiger charge is -2.23. The molecule has 22 heavy (non-hydrogen) atoms. The van der Waals surface area contributed by atoms with Crippen molar-refractivity contribution in [2.24, 2.45) is 17.1 Å². The summed E-state index contributed by atoms with van der Waals surface area (Å²) in [7, 11) is 0. The Morgan fingerprint density at radius 2 is 1.95 bits per heavy atom. The minimum absolute atomic E-state index is 0. The number of halogens is 1. The highest BCUT2D eigenvalue weighted by atomic mass is 35.5. The van der Waals surface area contributed by atoms with Gasteiger partial charge in [-0.2, -0.15) is 0 Å². The van der Waals surface area contributed by atoms with Crippen molar-refractivity contribution in [3.63, 3.8) is 0 Å². The van der Waals surface area contributed by atoms with Crippen LogP contribution < -0.4 is 11.1 Å². The SMILES string of the molecule is CC1(CN)CCN(C(=O)CCNC(=O)C2CCCCC2)C1.Cl. The summed E-state index contributed by atoms with van der Waals surface area (Å²) >= 11 is 0. The average Bonchev–Trinajstić information content (AvgIpc) is 2.91. The van der Waals surface area contributed by atoms with Gasteiger partial charge in [-0.25, -0.2) is 0 Å². The predicted octanol–water partition coefficient (Wildman–Crippen LogP) is 1.69. The highest BCUT2D eigenvalue weighted by Crippen LogP contribution is 2.28. The number of carbonyl (C=O) groups excluding carboxylic acids is 2. The molecule has 1 atom stereocenters. The molecular formula is C16H30ClN3O2. The Kier molecular flexibility index (Phi) is 7.63. The lowest BCUT2D eigenvalue weighted by molar-refractivity contribution is -0.130. The van der Waals surface area contributed by atoms with Gasteiger partial charge in [0, 0.05) is 32.0 Å². The molecule has 2 amide bonds. The molecule has 0 aromatic heterocycles. The minimum atomic E-state index is 0. The zero-order chi connectivity index (χ0) is 15.3. The molecule has 1 aliphatic heterocycles. The van der Waals surface area contributed by atoms with E-state index in [9.17, 15) is 9.59 Å². The third-order valence-corrected chi connectivity index (χ3v) is 5.02. The summed E-state index contributed by atoms with van der Waals surface area (Å²) in [4.78, 5) is 26.0. The highest BCUT2D eigenvalue weighted by Gasteiger charge is 2.34. The number of rotatable bonds is 5. The first kappa shape index (κ1) is 19.2. The largest absolute Gasteiger partial charge is 0.355 e. The number of nitrogens with zero attached hydrogens (tertiary/aromatic N) is 1. The second kappa shape index (κ2) is 8.73. The van der Waals surface area contributed by atoms with Gasteiger partial charge in [0.05, 0.1) is 0 Å². The van der Waals surface area contributed by atoms with Gasteiger partial charge in [0.1, 0.15) is 0 Å². The Labute approximate surface area is 139 Å². The van der Waals surface area contributed by atoms with Crippen LogP contribution in [0.2, 0.25) is 0 Å². The number of hydrogen-bond donors (Lipinski definition) is 2. The molecular weight excluding hydrogens is 302 g/mol. The minimum Gasteiger partial charge on any atom is -0.355 e. The molecule has 0 bridgehead atoms. The second-order valence-corrected chi connectivity index (χ2v) is 6.96. The van der Waals surface area contributed by atoms with Crippen LogP contribution in [0.25, 0.3) is 0 Å². The average molecular weight is 332 g/mol. The van der Waals surface area contributed by atoms with Crippen molar-refractivity contribution in [2.45, 2.75) is 51.9 Å². The normalized spacial score (nSPS) is 25.6. The second-order valence-electron chi connectivity index (χ2n) is 6.96. The van der Waals surface area contributed by atoms with Gasteiger partial charge in [-0.3, -0.25) is 9.59 Å². The standard InChI is InChI=1S/C16H29N3O2.ClH/c1-16(11-17)8-10-19(12-16)14(20)7-9-18-15(21)13-5-3-2-4-6-13;/h13H,2-12,17H2,1H3,(H,18,21);1H. The number of amides is 2. The van der Waals surface area contributed by atoms with E-state index < -0.39 is 0 Å². The Morgan fingerprint density at radius 1 is 1.27 bits per heavy atom. The van der Waals surface area contributed by atoms with Crippen molar-refractivity contribution >= 4 is 24.2 Å². The molecule has 1 saturated heterocycles. The quantitative estimate of drug-likeness (QED) is 0.805. The first-order chi connectivity index (χ1) is 10.0. The fourth-order valence-electron chi connectivity index (χ4n) is 3.36. The van der Waals surface area contributed by atoms with Crippen molar-refractivity contribution in [1.29, 1.82) is 0 Å². The summed E-state index contributed by atoms with van der Waals surface area (Å²) in [6, 6.07) is 0. The van der Waals surface area contributed by atoms with Crippen LogP contribution in [0.1, 0.15) is 51.9 Å². The highest BCUT2D eigenvalue weighted by molar-refractivity contribution is 5.85. The molecule has 2 fully saturated rings. The molecule has 6 heteroatoms. The van der Waals surface area contributed by atoms with Crippen LogP contribution in [0, 0.1) is 11.3 Å².